The molecule has 2 aliphatic carbocycles. The summed E-state index contributed by atoms with van der Waals surface area (Å²) in [6.07, 6.45) is 5.55. The lowest BCUT2D eigenvalue weighted by atomic mass is 9.55. The Labute approximate surface area is 195 Å². The molecule has 2 aliphatic heterocycles. The van der Waals surface area contributed by atoms with Gasteiger partial charge >= 0.3 is 5.97 Å². The van der Waals surface area contributed by atoms with E-state index in [0.717, 1.165) is 24.8 Å². The summed E-state index contributed by atoms with van der Waals surface area (Å²) < 4.78 is 5.81. The van der Waals surface area contributed by atoms with Crippen molar-refractivity contribution in [3.05, 3.63) is 46.5 Å². The van der Waals surface area contributed by atoms with Crippen molar-refractivity contribution in [2.45, 2.75) is 63.8 Å². The Morgan fingerprint density at radius 2 is 1.91 bits per heavy atom. The van der Waals surface area contributed by atoms with E-state index in [1.54, 1.807) is 0 Å². The monoisotopic (exact) mass is 459 g/mol. The molecule has 4 aliphatic rings. The van der Waals surface area contributed by atoms with Gasteiger partial charge in [-0.25, -0.2) is 0 Å². The zero-order valence-electron chi connectivity index (χ0n) is 19.0. The molecular formula is C26H34ClNO4. The van der Waals surface area contributed by atoms with Gasteiger partial charge in [-0.2, -0.15) is 0 Å². The van der Waals surface area contributed by atoms with Gasteiger partial charge in [-0.3, -0.25) is 4.79 Å². The molecular weight excluding hydrogens is 426 g/mol. The first kappa shape index (κ1) is 22.4. The van der Waals surface area contributed by atoms with Crippen LogP contribution in [-0.2, 0) is 15.1 Å². The molecule has 2 N–H and O–H groups in total. The molecule has 0 radical (unpaired) electrons. The molecule has 1 aromatic rings. The lowest BCUT2D eigenvalue weighted by Crippen LogP contribution is -2.55. The van der Waals surface area contributed by atoms with E-state index in [9.17, 15) is 15.0 Å². The number of benzene rings is 1. The predicted molar refractivity (Wildman–Crippen MR) is 123 cm³/mol. The lowest BCUT2D eigenvalue weighted by molar-refractivity contribution is -0.145. The van der Waals surface area contributed by atoms with Crippen LogP contribution in [0.2, 0.25) is 5.02 Å². The van der Waals surface area contributed by atoms with Crippen LogP contribution in [0.3, 0.4) is 0 Å². The van der Waals surface area contributed by atoms with Crippen molar-refractivity contribution >= 4 is 17.6 Å². The Morgan fingerprint density at radius 3 is 2.59 bits per heavy atom. The van der Waals surface area contributed by atoms with Crippen LogP contribution in [-0.4, -0.2) is 52.9 Å². The number of likely N-dealkylation sites (tertiary alicyclic amines) is 1. The minimum Gasteiger partial charge on any atom is -0.461 e. The summed E-state index contributed by atoms with van der Waals surface area (Å²) in [6.45, 7) is 6.39. The minimum absolute atomic E-state index is 0.165. The number of allylic oxidation sites excluding steroid dienone is 1. The summed E-state index contributed by atoms with van der Waals surface area (Å²) in [6, 6.07) is 7.42. The van der Waals surface area contributed by atoms with E-state index in [-0.39, 0.29) is 29.3 Å². The van der Waals surface area contributed by atoms with Gasteiger partial charge in [-0.15, -0.1) is 0 Å². The highest BCUT2D eigenvalue weighted by Gasteiger charge is 2.59. The molecule has 0 amide bonds. The molecule has 5 nitrogen and oxygen atoms in total. The summed E-state index contributed by atoms with van der Waals surface area (Å²) in [4.78, 5) is 15.1. The van der Waals surface area contributed by atoms with E-state index in [0.29, 0.717) is 43.4 Å². The number of esters is 1. The Kier molecular flexibility index (Phi) is 5.68. The number of piperidine rings is 1. The molecule has 32 heavy (non-hydrogen) atoms. The summed E-state index contributed by atoms with van der Waals surface area (Å²) in [7, 11) is 0. The standard InChI is InChI=1S/C26H34ClNO4/c1-16-4-3-5-18-14-21-22(23(29)25(16,18)2)20(24(30)32-21)15-28-12-10-26(31,11-13-28)17-6-8-19(27)9-7-17/h5-9,16,20-23,29,31H,3-4,10-15H2,1-2H3/t16-,20?,21-,22-,23+,25-/m1/s1. The third-order valence-corrected chi connectivity index (χ3v) is 9.34. The first-order valence-electron chi connectivity index (χ1n) is 12.0. The Hall–Kier alpha value is -1.40. The molecule has 1 aromatic carbocycles. The highest BCUT2D eigenvalue weighted by molar-refractivity contribution is 6.30. The molecule has 6 atom stereocenters. The molecule has 3 fully saturated rings. The fourth-order valence-electron chi connectivity index (χ4n) is 6.71. The number of hydrogen-bond acceptors (Lipinski definition) is 5. The van der Waals surface area contributed by atoms with E-state index in [2.05, 4.69) is 24.8 Å². The van der Waals surface area contributed by atoms with Gasteiger partial charge in [-0.05, 0) is 49.3 Å². The van der Waals surface area contributed by atoms with Crippen molar-refractivity contribution in [1.29, 1.82) is 0 Å². The molecule has 1 saturated carbocycles. The zero-order valence-corrected chi connectivity index (χ0v) is 19.7. The fourth-order valence-corrected chi connectivity index (χ4v) is 6.83. The Morgan fingerprint density at radius 1 is 1.22 bits per heavy atom. The molecule has 0 spiro atoms. The third kappa shape index (κ3) is 3.53. The third-order valence-electron chi connectivity index (χ3n) is 9.09. The van der Waals surface area contributed by atoms with Crippen LogP contribution in [0.4, 0.5) is 0 Å². The largest absolute Gasteiger partial charge is 0.461 e. The number of nitrogens with zero attached hydrogens (tertiary/aromatic N) is 1. The number of rotatable bonds is 3. The van der Waals surface area contributed by atoms with Crippen LogP contribution in [0.25, 0.3) is 0 Å². The van der Waals surface area contributed by atoms with Crippen molar-refractivity contribution in [1.82, 2.24) is 4.90 Å². The zero-order chi connectivity index (χ0) is 22.7. The minimum atomic E-state index is -0.866. The van der Waals surface area contributed by atoms with Crippen molar-refractivity contribution in [3.63, 3.8) is 0 Å². The average Bonchev–Trinajstić information content (AvgIpc) is 3.07. The van der Waals surface area contributed by atoms with Crippen LogP contribution in [0.15, 0.2) is 35.9 Å². The van der Waals surface area contributed by atoms with Crippen LogP contribution < -0.4 is 0 Å². The number of fused-ring (bicyclic) bond motifs is 2. The molecule has 174 valence electrons. The number of carbonyl (C=O) groups is 1. The van der Waals surface area contributed by atoms with Crippen LogP contribution in [0.5, 0.6) is 0 Å². The van der Waals surface area contributed by atoms with E-state index in [4.69, 9.17) is 16.3 Å². The number of hydrogen-bond donors (Lipinski definition) is 2. The van der Waals surface area contributed by atoms with Crippen molar-refractivity contribution in [2.24, 2.45) is 23.2 Å². The Balaban J connectivity index is 1.29. The number of aliphatic hydroxyl groups excluding tert-OH is 1. The summed E-state index contributed by atoms with van der Waals surface area (Å²) in [5, 5.41) is 23.4. The van der Waals surface area contributed by atoms with E-state index in [1.165, 1.54) is 5.57 Å². The van der Waals surface area contributed by atoms with Gasteiger partial charge in [0.15, 0.2) is 0 Å². The number of halogens is 1. The van der Waals surface area contributed by atoms with Gasteiger partial charge in [0, 0.05) is 42.4 Å². The van der Waals surface area contributed by atoms with Crippen molar-refractivity contribution in [2.75, 3.05) is 19.6 Å². The highest BCUT2D eigenvalue weighted by Crippen LogP contribution is 2.56. The second-order valence-electron chi connectivity index (χ2n) is 10.6. The van der Waals surface area contributed by atoms with Gasteiger partial charge in [0.1, 0.15) is 6.10 Å². The SMILES string of the molecule is C[C@@H]1CCC=C2C[C@H]3OC(=O)C(CN4CCC(O)(c5ccc(Cl)cc5)CC4)[C@H]3[C@H](O)[C@@]21C. The normalized spacial score (nSPS) is 39.1. The molecule has 0 aromatic heterocycles. The molecule has 6 heteroatoms. The molecule has 5 rings (SSSR count). The van der Waals surface area contributed by atoms with E-state index >= 15 is 0 Å². The van der Waals surface area contributed by atoms with E-state index in [1.807, 2.05) is 24.3 Å². The van der Waals surface area contributed by atoms with E-state index < -0.39 is 11.7 Å². The molecule has 1 unspecified atom stereocenters. The van der Waals surface area contributed by atoms with Gasteiger partial charge < -0.3 is 19.8 Å². The highest BCUT2D eigenvalue weighted by atomic mass is 35.5. The molecule has 0 bridgehead atoms. The smallest absolute Gasteiger partial charge is 0.311 e. The van der Waals surface area contributed by atoms with Crippen LogP contribution in [0, 0.1) is 23.2 Å². The first-order chi connectivity index (χ1) is 15.2. The maximum absolute atomic E-state index is 12.9. The summed E-state index contributed by atoms with van der Waals surface area (Å²) in [5.74, 6) is -0.265. The molecule has 2 saturated heterocycles. The summed E-state index contributed by atoms with van der Waals surface area (Å²) in [5.41, 5.74) is 1.02. The fraction of sp³-hybridized carbons (Fsp3) is 0.654. The molecule has 2 heterocycles. The Bertz CT molecular complexity index is 907. The van der Waals surface area contributed by atoms with Crippen LogP contribution in [0.1, 0.15) is 51.5 Å². The second-order valence-corrected chi connectivity index (χ2v) is 11.1. The first-order valence-corrected chi connectivity index (χ1v) is 12.4. The lowest BCUT2D eigenvalue weighted by Gasteiger charge is -2.52. The topological polar surface area (TPSA) is 70.0 Å². The number of carbonyl (C=O) groups excluding carboxylic acids is 1. The van der Waals surface area contributed by atoms with Crippen molar-refractivity contribution in [3.8, 4) is 0 Å². The van der Waals surface area contributed by atoms with Crippen molar-refractivity contribution < 1.29 is 19.7 Å². The average molecular weight is 460 g/mol. The maximum Gasteiger partial charge on any atom is 0.311 e. The van der Waals surface area contributed by atoms with Gasteiger partial charge in [0.05, 0.1) is 17.6 Å². The quantitative estimate of drug-likeness (QED) is 0.529. The second kappa shape index (κ2) is 8.12. The van der Waals surface area contributed by atoms with Crippen LogP contribution >= 0.6 is 11.6 Å². The maximum atomic E-state index is 12.9. The predicted octanol–water partition coefficient (Wildman–Crippen LogP) is 3.91. The van der Waals surface area contributed by atoms with Gasteiger partial charge in [0.25, 0.3) is 0 Å². The number of ether oxygens (including phenoxy) is 1. The summed E-state index contributed by atoms with van der Waals surface area (Å²) >= 11 is 6.00. The van der Waals surface area contributed by atoms with Gasteiger partial charge in [-0.1, -0.05) is 49.2 Å². The van der Waals surface area contributed by atoms with Gasteiger partial charge in [0.2, 0.25) is 0 Å². The number of aliphatic hydroxyl groups is 2.